The van der Waals surface area contributed by atoms with Crippen molar-refractivity contribution in [1.29, 1.82) is 0 Å². The van der Waals surface area contributed by atoms with Crippen LogP contribution in [-0.2, 0) is 0 Å². The smallest absolute Gasteiger partial charge is 0.293 e. The number of benzene rings is 1. The molecule has 0 aromatic heterocycles. The molecule has 0 aliphatic heterocycles. The lowest BCUT2D eigenvalue weighted by Gasteiger charge is -2.18. The fourth-order valence-electron chi connectivity index (χ4n) is 1.82. The summed E-state index contributed by atoms with van der Waals surface area (Å²) in [4.78, 5) is 22.6. The fourth-order valence-corrected chi connectivity index (χ4v) is 1.82. The van der Waals surface area contributed by atoms with Crippen LogP contribution in [0.5, 0.6) is 0 Å². The second-order valence-electron chi connectivity index (χ2n) is 6.09. The molecule has 1 rings (SSSR count). The van der Waals surface area contributed by atoms with Crippen molar-refractivity contribution in [1.82, 2.24) is 5.32 Å². The van der Waals surface area contributed by atoms with Gasteiger partial charge in [-0.3, -0.25) is 14.9 Å². The van der Waals surface area contributed by atoms with Crippen molar-refractivity contribution in [3.8, 4) is 0 Å². The van der Waals surface area contributed by atoms with Gasteiger partial charge in [-0.25, -0.2) is 0 Å². The average Bonchev–Trinajstić information content (AvgIpc) is 2.37. The second kappa shape index (κ2) is 7.06. The summed E-state index contributed by atoms with van der Waals surface area (Å²) in [6.45, 7) is 9.26. The lowest BCUT2D eigenvalue weighted by Crippen LogP contribution is -2.27. The van der Waals surface area contributed by atoms with Gasteiger partial charge in [-0.15, -0.1) is 0 Å². The molecule has 116 valence electrons. The van der Waals surface area contributed by atoms with Crippen molar-refractivity contribution in [3.05, 3.63) is 33.9 Å². The SMILES string of the molecule is CCNc1ccc(C(=O)NCCC(C)(C)C)cc1[N+](=O)[O-]. The largest absolute Gasteiger partial charge is 0.380 e. The monoisotopic (exact) mass is 293 g/mol. The number of nitrogens with zero attached hydrogens (tertiary/aromatic N) is 1. The van der Waals surface area contributed by atoms with Crippen LogP contribution in [-0.4, -0.2) is 23.9 Å². The third-order valence-corrected chi connectivity index (χ3v) is 2.98. The Morgan fingerprint density at radius 1 is 1.33 bits per heavy atom. The minimum atomic E-state index is -0.482. The van der Waals surface area contributed by atoms with E-state index in [-0.39, 0.29) is 17.0 Å². The maximum atomic E-state index is 12.0. The van der Waals surface area contributed by atoms with E-state index < -0.39 is 4.92 Å². The molecule has 1 amide bonds. The maximum absolute atomic E-state index is 12.0. The van der Waals surface area contributed by atoms with E-state index in [1.807, 2.05) is 6.92 Å². The van der Waals surface area contributed by atoms with Crippen molar-refractivity contribution in [3.63, 3.8) is 0 Å². The number of anilines is 1. The Balaban J connectivity index is 2.81. The molecule has 0 aliphatic rings. The molecule has 0 heterocycles. The summed E-state index contributed by atoms with van der Waals surface area (Å²) >= 11 is 0. The second-order valence-corrected chi connectivity index (χ2v) is 6.09. The van der Waals surface area contributed by atoms with Crippen molar-refractivity contribution < 1.29 is 9.72 Å². The van der Waals surface area contributed by atoms with Crippen molar-refractivity contribution >= 4 is 17.3 Å². The number of amides is 1. The number of hydrogen-bond acceptors (Lipinski definition) is 4. The maximum Gasteiger partial charge on any atom is 0.293 e. The van der Waals surface area contributed by atoms with E-state index in [9.17, 15) is 14.9 Å². The molecule has 0 aliphatic carbocycles. The first-order valence-corrected chi connectivity index (χ1v) is 7.05. The highest BCUT2D eigenvalue weighted by Crippen LogP contribution is 2.25. The van der Waals surface area contributed by atoms with Gasteiger partial charge in [-0.05, 0) is 30.9 Å². The summed E-state index contributed by atoms with van der Waals surface area (Å²) in [7, 11) is 0. The molecular formula is C15H23N3O3. The highest BCUT2D eigenvalue weighted by Gasteiger charge is 2.17. The Labute approximate surface area is 125 Å². The molecular weight excluding hydrogens is 270 g/mol. The van der Waals surface area contributed by atoms with E-state index >= 15 is 0 Å². The van der Waals surface area contributed by atoms with Gasteiger partial charge in [0.05, 0.1) is 4.92 Å². The van der Waals surface area contributed by atoms with E-state index in [2.05, 4.69) is 31.4 Å². The topological polar surface area (TPSA) is 84.3 Å². The van der Waals surface area contributed by atoms with Crippen molar-refractivity contribution in [2.75, 3.05) is 18.4 Å². The van der Waals surface area contributed by atoms with E-state index in [1.54, 1.807) is 12.1 Å². The van der Waals surface area contributed by atoms with Gasteiger partial charge in [-0.2, -0.15) is 0 Å². The number of nitrogens with one attached hydrogen (secondary N) is 2. The predicted molar refractivity (Wildman–Crippen MR) is 83.7 cm³/mol. The first kappa shape index (κ1) is 16.9. The molecule has 0 fully saturated rings. The van der Waals surface area contributed by atoms with Gasteiger partial charge in [0, 0.05) is 24.7 Å². The predicted octanol–water partition coefficient (Wildman–Crippen LogP) is 3.19. The molecule has 0 atom stereocenters. The Bertz CT molecular complexity index is 521. The third kappa shape index (κ3) is 5.41. The number of hydrogen-bond donors (Lipinski definition) is 2. The number of carbonyl (C=O) groups excluding carboxylic acids is 1. The van der Waals surface area contributed by atoms with Gasteiger partial charge in [0.1, 0.15) is 5.69 Å². The molecule has 0 radical (unpaired) electrons. The zero-order chi connectivity index (χ0) is 16.0. The van der Waals surface area contributed by atoms with Gasteiger partial charge in [0.15, 0.2) is 0 Å². The molecule has 0 saturated heterocycles. The average molecular weight is 293 g/mol. The quantitative estimate of drug-likeness (QED) is 0.623. The molecule has 0 bridgehead atoms. The van der Waals surface area contributed by atoms with Crippen LogP contribution < -0.4 is 10.6 Å². The van der Waals surface area contributed by atoms with Crippen LogP contribution in [0.4, 0.5) is 11.4 Å². The van der Waals surface area contributed by atoms with Crippen LogP contribution in [0.1, 0.15) is 44.5 Å². The van der Waals surface area contributed by atoms with Gasteiger partial charge in [0.2, 0.25) is 0 Å². The molecule has 2 N–H and O–H groups in total. The van der Waals surface area contributed by atoms with E-state index in [0.29, 0.717) is 24.3 Å². The lowest BCUT2D eigenvalue weighted by molar-refractivity contribution is -0.384. The molecule has 1 aromatic carbocycles. The van der Waals surface area contributed by atoms with Crippen LogP contribution >= 0.6 is 0 Å². The van der Waals surface area contributed by atoms with Crippen LogP contribution in [0.25, 0.3) is 0 Å². The molecule has 6 heteroatoms. The summed E-state index contributed by atoms with van der Waals surface area (Å²) < 4.78 is 0. The number of nitro benzene ring substituents is 1. The standard InChI is InChI=1S/C15H23N3O3/c1-5-16-12-7-6-11(10-13(12)18(20)21)14(19)17-9-8-15(2,3)4/h6-7,10,16H,5,8-9H2,1-4H3,(H,17,19). The molecule has 6 nitrogen and oxygen atoms in total. The molecule has 1 aromatic rings. The van der Waals surface area contributed by atoms with Crippen LogP contribution in [0.3, 0.4) is 0 Å². The molecule has 0 spiro atoms. The zero-order valence-electron chi connectivity index (χ0n) is 13.0. The van der Waals surface area contributed by atoms with E-state index in [0.717, 1.165) is 6.42 Å². The Hall–Kier alpha value is -2.11. The highest BCUT2D eigenvalue weighted by atomic mass is 16.6. The highest BCUT2D eigenvalue weighted by molar-refractivity contribution is 5.95. The minimum Gasteiger partial charge on any atom is -0.380 e. The molecule has 21 heavy (non-hydrogen) atoms. The molecule has 0 unspecified atom stereocenters. The molecule has 0 saturated carbocycles. The summed E-state index contributed by atoms with van der Waals surface area (Å²) in [6.07, 6.45) is 0.844. The fraction of sp³-hybridized carbons (Fsp3) is 0.533. The number of carbonyl (C=O) groups is 1. The van der Waals surface area contributed by atoms with Crippen molar-refractivity contribution in [2.24, 2.45) is 5.41 Å². The number of rotatable bonds is 6. The first-order valence-electron chi connectivity index (χ1n) is 7.05. The summed E-state index contributed by atoms with van der Waals surface area (Å²) in [5, 5.41) is 16.8. The van der Waals surface area contributed by atoms with Crippen LogP contribution in [0.15, 0.2) is 18.2 Å². The van der Waals surface area contributed by atoms with E-state index in [4.69, 9.17) is 0 Å². The Morgan fingerprint density at radius 2 is 2.00 bits per heavy atom. The van der Waals surface area contributed by atoms with Crippen LogP contribution in [0.2, 0.25) is 0 Å². The van der Waals surface area contributed by atoms with Gasteiger partial charge < -0.3 is 10.6 Å². The minimum absolute atomic E-state index is 0.0830. The lowest BCUT2D eigenvalue weighted by atomic mass is 9.92. The zero-order valence-corrected chi connectivity index (χ0v) is 13.0. The Kier molecular flexibility index (Phi) is 5.69. The first-order chi connectivity index (χ1) is 9.74. The van der Waals surface area contributed by atoms with Gasteiger partial charge in [0.25, 0.3) is 11.6 Å². The van der Waals surface area contributed by atoms with E-state index in [1.165, 1.54) is 6.07 Å². The summed E-state index contributed by atoms with van der Waals surface area (Å²) in [5.41, 5.74) is 0.778. The third-order valence-electron chi connectivity index (χ3n) is 2.98. The van der Waals surface area contributed by atoms with Crippen molar-refractivity contribution in [2.45, 2.75) is 34.1 Å². The summed E-state index contributed by atoms with van der Waals surface area (Å²) in [6, 6.07) is 4.47. The normalized spacial score (nSPS) is 11.0. The Morgan fingerprint density at radius 3 is 2.52 bits per heavy atom. The van der Waals surface area contributed by atoms with Crippen LogP contribution in [0, 0.1) is 15.5 Å². The number of nitro groups is 1. The van der Waals surface area contributed by atoms with Gasteiger partial charge >= 0.3 is 0 Å². The summed E-state index contributed by atoms with van der Waals surface area (Å²) in [5.74, 6) is -0.287. The van der Waals surface area contributed by atoms with Gasteiger partial charge in [-0.1, -0.05) is 20.8 Å².